The molecular weight excluding hydrogens is 204 g/mol. The van der Waals surface area contributed by atoms with Gasteiger partial charge in [0.25, 0.3) is 0 Å². The molecule has 1 aromatic rings. The van der Waals surface area contributed by atoms with Gasteiger partial charge in [-0.05, 0) is 30.9 Å². The summed E-state index contributed by atoms with van der Waals surface area (Å²) in [7, 11) is 0. The maximum absolute atomic E-state index is 11.1. The minimum Gasteiger partial charge on any atom is -0.508 e. The van der Waals surface area contributed by atoms with Crippen molar-refractivity contribution in [3.05, 3.63) is 24.3 Å². The van der Waals surface area contributed by atoms with Crippen molar-refractivity contribution in [1.29, 1.82) is 0 Å². The van der Waals surface area contributed by atoms with Crippen LogP contribution in [0.1, 0.15) is 25.7 Å². The van der Waals surface area contributed by atoms with Gasteiger partial charge in [0, 0.05) is 18.9 Å². The van der Waals surface area contributed by atoms with E-state index >= 15 is 0 Å². The van der Waals surface area contributed by atoms with Gasteiger partial charge in [0.15, 0.2) is 0 Å². The molecule has 1 aliphatic rings. The van der Waals surface area contributed by atoms with Crippen molar-refractivity contribution in [2.24, 2.45) is 5.92 Å². The average Bonchev–Trinajstić information content (AvgIpc) is 2.28. The Bertz CT molecular complexity index is 363. The van der Waals surface area contributed by atoms with Gasteiger partial charge in [-0.15, -0.1) is 0 Å². The zero-order chi connectivity index (χ0) is 11.4. The highest BCUT2D eigenvalue weighted by Crippen LogP contribution is 2.24. The molecule has 3 nitrogen and oxygen atoms in total. The Morgan fingerprint density at radius 2 is 2.06 bits per heavy atom. The van der Waals surface area contributed by atoms with Gasteiger partial charge in [-0.2, -0.15) is 0 Å². The fraction of sp³-hybridized carbons (Fsp3) is 0.462. The van der Waals surface area contributed by atoms with Gasteiger partial charge in [0.05, 0.1) is 6.61 Å². The molecule has 1 aliphatic carbocycles. The summed E-state index contributed by atoms with van der Waals surface area (Å²) in [5, 5.41) is 9.26. The molecule has 1 N–H and O–H groups in total. The number of hydrogen-bond acceptors (Lipinski definition) is 3. The molecule has 3 heteroatoms. The van der Waals surface area contributed by atoms with E-state index in [9.17, 15) is 9.90 Å². The first kappa shape index (κ1) is 11.0. The van der Waals surface area contributed by atoms with Crippen LogP contribution in [0, 0.1) is 5.92 Å². The normalized spacial score (nSPS) is 17.4. The maximum atomic E-state index is 11.1. The van der Waals surface area contributed by atoms with E-state index in [-0.39, 0.29) is 5.75 Å². The van der Waals surface area contributed by atoms with Crippen LogP contribution < -0.4 is 4.74 Å². The molecule has 16 heavy (non-hydrogen) atoms. The molecule has 0 spiro atoms. The number of ketones is 1. The highest BCUT2D eigenvalue weighted by atomic mass is 16.5. The molecule has 2 rings (SSSR count). The lowest BCUT2D eigenvalue weighted by molar-refractivity contribution is -0.121. The first-order valence-corrected chi connectivity index (χ1v) is 5.67. The second-order valence-corrected chi connectivity index (χ2v) is 4.29. The van der Waals surface area contributed by atoms with E-state index in [1.807, 2.05) is 6.07 Å². The standard InChI is InChI=1S/C13H16O3/c14-11-6-4-10(5-7-11)9-16-13-3-1-2-12(15)8-13/h1-3,8,10,15H,4-7,9H2. The van der Waals surface area contributed by atoms with Crippen LogP contribution in [-0.2, 0) is 4.79 Å². The van der Waals surface area contributed by atoms with Crippen LogP contribution in [0.15, 0.2) is 24.3 Å². The Hall–Kier alpha value is -1.51. The number of hydrogen-bond donors (Lipinski definition) is 1. The third-order valence-corrected chi connectivity index (χ3v) is 2.97. The van der Waals surface area contributed by atoms with E-state index in [2.05, 4.69) is 0 Å². The summed E-state index contributed by atoms with van der Waals surface area (Å²) in [5.41, 5.74) is 0. The Morgan fingerprint density at radius 3 is 2.75 bits per heavy atom. The lowest BCUT2D eigenvalue weighted by Crippen LogP contribution is -2.19. The molecule has 0 bridgehead atoms. The first-order chi connectivity index (χ1) is 7.74. The van der Waals surface area contributed by atoms with Crippen molar-refractivity contribution < 1.29 is 14.6 Å². The third-order valence-electron chi connectivity index (χ3n) is 2.97. The van der Waals surface area contributed by atoms with Crippen molar-refractivity contribution in [3.63, 3.8) is 0 Å². The fourth-order valence-electron chi connectivity index (χ4n) is 1.95. The highest BCUT2D eigenvalue weighted by molar-refractivity contribution is 5.79. The van der Waals surface area contributed by atoms with E-state index in [0.717, 1.165) is 12.8 Å². The molecule has 0 saturated heterocycles. The Labute approximate surface area is 95.0 Å². The number of aromatic hydroxyl groups is 1. The molecule has 0 radical (unpaired) electrons. The average molecular weight is 220 g/mol. The van der Waals surface area contributed by atoms with Crippen LogP contribution in [0.5, 0.6) is 11.5 Å². The molecule has 0 heterocycles. The van der Waals surface area contributed by atoms with Gasteiger partial charge in [-0.1, -0.05) is 6.07 Å². The van der Waals surface area contributed by atoms with Crippen molar-refractivity contribution in [2.45, 2.75) is 25.7 Å². The second-order valence-electron chi connectivity index (χ2n) is 4.29. The van der Waals surface area contributed by atoms with Crippen molar-refractivity contribution in [1.82, 2.24) is 0 Å². The van der Waals surface area contributed by atoms with Gasteiger partial charge in [-0.25, -0.2) is 0 Å². The lowest BCUT2D eigenvalue weighted by atomic mass is 9.89. The van der Waals surface area contributed by atoms with E-state index in [4.69, 9.17) is 4.74 Å². The first-order valence-electron chi connectivity index (χ1n) is 5.67. The predicted molar refractivity (Wildman–Crippen MR) is 60.6 cm³/mol. The molecule has 1 aromatic carbocycles. The number of benzene rings is 1. The van der Waals surface area contributed by atoms with E-state index in [1.165, 1.54) is 0 Å². The molecule has 0 unspecified atom stereocenters. The monoisotopic (exact) mass is 220 g/mol. The zero-order valence-corrected chi connectivity index (χ0v) is 9.19. The summed E-state index contributed by atoms with van der Waals surface area (Å²) in [6, 6.07) is 6.81. The Balaban J connectivity index is 1.81. The summed E-state index contributed by atoms with van der Waals surface area (Å²) in [6.07, 6.45) is 3.23. The molecule has 0 atom stereocenters. The van der Waals surface area contributed by atoms with Crippen molar-refractivity contribution >= 4 is 5.78 Å². The zero-order valence-electron chi connectivity index (χ0n) is 9.19. The van der Waals surface area contributed by atoms with Crippen LogP contribution in [0.25, 0.3) is 0 Å². The van der Waals surface area contributed by atoms with Gasteiger partial charge < -0.3 is 9.84 Å². The molecule has 86 valence electrons. The van der Waals surface area contributed by atoms with Gasteiger partial charge >= 0.3 is 0 Å². The Morgan fingerprint density at radius 1 is 1.31 bits per heavy atom. The molecule has 0 aliphatic heterocycles. The topological polar surface area (TPSA) is 46.5 Å². The van der Waals surface area contributed by atoms with Crippen molar-refractivity contribution in [3.8, 4) is 11.5 Å². The van der Waals surface area contributed by atoms with Crippen LogP contribution >= 0.6 is 0 Å². The maximum Gasteiger partial charge on any atom is 0.132 e. The summed E-state index contributed by atoms with van der Waals surface area (Å²) >= 11 is 0. The number of carbonyl (C=O) groups excluding carboxylic acids is 1. The number of Topliss-reactive ketones (excluding diaryl/α,β-unsaturated/α-hetero) is 1. The number of rotatable bonds is 3. The number of carbonyl (C=O) groups is 1. The minimum atomic E-state index is 0.219. The minimum absolute atomic E-state index is 0.219. The number of ether oxygens (including phenoxy) is 1. The van der Waals surface area contributed by atoms with Gasteiger partial charge in [-0.3, -0.25) is 4.79 Å². The van der Waals surface area contributed by atoms with Crippen LogP contribution in [0.2, 0.25) is 0 Å². The van der Waals surface area contributed by atoms with E-state index in [0.29, 0.717) is 36.9 Å². The second kappa shape index (κ2) is 5.01. The van der Waals surface area contributed by atoms with Crippen molar-refractivity contribution in [2.75, 3.05) is 6.61 Å². The van der Waals surface area contributed by atoms with Crippen LogP contribution in [0.3, 0.4) is 0 Å². The summed E-state index contributed by atoms with van der Waals surface area (Å²) in [4.78, 5) is 11.1. The predicted octanol–water partition coefficient (Wildman–Crippen LogP) is 2.53. The van der Waals surface area contributed by atoms with E-state index < -0.39 is 0 Å². The third kappa shape index (κ3) is 2.99. The highest BCUT2D eigenvalue weighted by Gasteiger charge is 2.19. The lowest BCUT2D eigenvalue weighted by Gasteiger charge is -2.21. The summed E-state index contributed by atoms with van der Waals surface area (Å²) in [5.74, 6) is 1.75. The molecule has 0 aromatic heterocycles. The summed E-state index contributed by atoms with van der Waals surface area (Å²) in [6.45, 7) is 0.636. The van der Waals surface area contributed by atoms with Gasteiger partial charge in [0.1, 0.15) is 17.3 Å². The smallest absolute Gasteiger partial charge is 0.132 e. The number of phenolic OH excluding ortho intramolecular Hbond substituents is 1. The van der Waals surface area contributed by atoms with Crippen LogP contribution in [-0.4, -0.2) is 17.5 Å². The largest absolute Gasteiger partial charge is 0.508 e. The molecule has 1 saturated carbocycles. The Kier molecular flexibility index (Phi) is 3.44. The number of phenols is 1. The summed E-state index contributed by atoms with van der Waals surface area (Å²) < 4.78 is 5.59. The SMILES string of the molecule is O=C1CCC(COc2cccc(O)c2)CC1. The quantitative estimate of drug-likeness (QED) is 0.851. The molecule has 0 amide bonds. The molecule has 1 fully saturated rings. The molecular formula is C13H16O3. The van der Waals surface area contributed by atoms with Gasteiger partial charge in [0.2, 0.25) is 0 Å². The fourth-order valence-corrected chi connectivity index (χ4v) is 1.95. The van der Waals surface area contributed by atoms with Crippen LogP contribution in [0.4, 0.5) is 0 Å². The van der Waals surface area contributed by atoms with E-state index in [1.54, 1.807) is 18.2 Å².